The van der Waals surface area contributed by atoms with Gasteiger partial charge >= 0.3 is 0 Å². The Morgan fingerprint density at radius 2 is 2.15 bits per heavy atom. The lowest BCUT2D eigenvalue weighted by atomic mass is 9.86. The van der Waals surface area contributed by atoms with Crippen LogP contribution < -0.4 is 10.6 Å². The number of hydrogen-bond donors (Lipinski definition) is 2. The van der Waals surface area contributed by atoms with Crippen molar-refractivity contribution in [2.24, 2.45) is 5.92 Å². The predicted molar refractivity (Wildman–Crippen MR) is 79.5 cm³/mol. The number of amides is 1. The van der Waals surface area contributed by atoms with Gasteiger partial charge < -0.3 is 10.6 Å². The Morgan fingerprint density at radius 3 is 2.85 bits per heavy atom. The molecule has 1 aromatic rings. The Hall–Kier alpha value is -1.29. The predicted octanol–water partition coefficient (Wildman–Crippen LogP) is 3.59. The van der Waals surface area contributed by atoms with Crippen molar-refractivity contribution in [1.82, 2.24) is 5.32 Å². The minimum atomic E-state index is -0.448. The number of rotatable bonds is 4. The van der Waals surface area contributed by atoms with Crippen molar-refractivity contribution >= 4 is 23.2 Å². The lowest BCUT2D eigenvalue weighted by Crippen LogP contribution is -2.43. The maximum atomic E-state index is 13.5. The Bertz CT molecular complexity index is 481. The summed E-state index contributed by atoms with van der Waals surface area (Å²) in [4.78, 5) is 11.9. The molecule has 0 heterocycles. The Kier molecular flexibility index (Phi) is 5.24. The highest BCUT2D eigenvalue weighted by Gasteiger charge is 2.22. The van der Waals surface area contributed by atoms with E-state index in [1.54, 1.807) is 6.07 Å². The quantitative estimate of drug-likeness (QED) is 0.892. The van der Waals surface area contributed by atoms with Crippen LogP contribution in [0.2, 0.25) is 5.02 Å². The zero-order valence-electron chi connectivity index (χ0n) is 11.6. The fourth-order valence-electron chi connectivity index (χ4n) is 2.60. The van der Waals surface area contributed by atoms with Gasteiger partial charge in [0.05, 0.1) is 12.2 Å². The second kappa shape index (κ2) is 6.93. The summed E-state index contributed by atoms with van der Waals surface area (Å²) >= 11 is 5.68. The molecule has 2 N–H and O–H groups in total. The molecule has 1 saturated carbocycles. The first kappa shape index (κ1) is 15.1. The summed E-state index contributed by atoms with van der Waals surface area (Å²) in [5, 5.41) is 6.16. The van der Waals surface area contributed by atoms with E-state index in [4.69, 9.17) is 11.6 Å². The number of carbonyl (C=O) groups is 1. The molecule has 0 spiro atoms. The normalized spacial score (nSPS) is 22.4. The van der Waals surface area contributed by atoms with Gasteiger partial charge in [0.25, 0.3) is 0 Å². The summed E-state index contributed by atoms with van der Waals surface area (Å²) in [5.41, 5.74) is 0.293. The molecule has 3 nitrogen and oxygen atoms in total. The molecule has 0 bridgehead atoms. The molecular weight excluding hydrogens is 279 g/mol. The van der Waals surface area contributed by atoms with E-state index >= 15 is 0 Å². The lowest BCUT2D eigenvalue weighted by molar-refractivity contribution is -0.120. The molecule has 2 rings (SSSR count). The number of hydrogen-bond acceptors (Lipinski definition) is 2. The molecule has 1 aromatic carbocycles. The van der Waals surface area contributed by atoms with E-state index in [0.717, 1.165) is 19.3 Å². The van der Waals surface area contributed by atoms with E-state index < -0.39 is 5.82 Å². The highest BCUT2D eigenvalue weighted by Crippen LogP contribution is 2.23. The average Bonchev–Trinajstić information content (AvgIpc) is 2.40. The number of carbonyl (C=O) groups excluding carboxylic acids is 1. The molecule has 0 aromatic heterocycles. The highest BCUT2D eigenvalue weighted by atomic mass is 35.5. The molecule has 20 heavy (non-hydrogen) atoms. The van der Waals surface area contributed by atoms with Crippen LogP contribution in [0.4, 0.5) is 10.1 Å². The van der Waals surface area contributed by atoms with Gasteiger partial charge in [-0.25, -0.2) is 4.39 Å². The second-order valence-corrected chi connectivity index (χ2v) is 5.85. The first-order valence-corrected chi connectivity index (χ1v) is 7.42. The highest BCUT2D eigenvalue weighted by molar-refractivity contribution is 6.30. The SMILES string of the molecule is C[C@H]1CCCC[C@H]1NC(=O)CNc1ccc(Cl)cc1F. The summed E-state index contributed by atoms with van der Waals surface area (Å²) < 4.78 is 13.5. The summed E-state index contributed by atoms with van der Waals surface area (Å²) in [7, 11) is 0. The molecular formula is C15H20ClFN2O. The van der Waals surface area contributed by atoms with Gasteiger partial charge in [-0.1, -0.05) is 31.4 Å². The molecule has 0 radical (unpaired) electrons. The van der Waals surface area contributed by atoms with Crippen molar-refractivity contribution in [2.75, 3.05) is 11.9 Å². The zero-order valence-corrected chi connectivity index (χ0v) is 12.3. The third-order valence-electron chi connectivity index (χ3n) is 3.83. The minimum Gasteiger partial charge on any atom is -0.374 e. The van der Waals surface area contributed by atoms with E-state index in [2.05, 4.69) is 17.6 Å². The van der Waals surface area contributed by atoms with Gasteiger partial charge in [0.15, 0.2) is 0 Å². The Morgan fingerprint density at radius 1 is 1.40 bits per heavy atom. The largest absolute Gasteiger partial charge is 0.374 e. The zero-order chi connectivity index (χ0) is 14.5. The first-order chi connectivity index (χ1) is 9.56. The van der Waals surface area contributed by atoms with E-state index in [9.17, 15) is 9.18 Å². The number of halogens is 2. The fourth-order valence-corrected chi connectivity index (χ4v) is 2.76. The standard InChI is InChI=1S/C15H20ClFN2O/c1-10-4-2-3-5-13(10)19-15(20)9-18-14-7-6-11(16)8-12(14)17/h6-8,10,13,18H,2-5,9H2,1H3,(H,19,20)/t10-,13+/m0/s1. The summed E-state index contributed by atoms with van der Waals surface area (Å²) in [6.07, 6.45) is 4.59. The Balaban J connectivity index is 1.82. The van der Waals surface area contributed by atoms with Gasteiger partial charge in [0.2, 0.25) is 5.91 Å². The second-order valence-electron chi connectivity index (χ2n) is 5.41. The van der Waals surface area contributed by atoms with Gasteiger partial charge in [0, 0.05) is 11.1 Å². The van der Waals surface area contributed by atoms with Gasteiger partial charge in [-0.15, -0.1) is 0 Å². The van der Waals surface area contributed by atoms with Crippen LogP contribution in [0.5, 0.6) is 0 Å². The van der Waals surface area contributed by atoms with Gasteiger partial charge in [-0.05, 0) is 37.0 Å². The maximum absolute atomic E-state index is 13.5. The molecule has 1 amide bonds. The van der Waals surface area contributed by atoms with Crippen LogP contribution in [0, 0.1) is 11.7 Å². The van der Waals surface area contributed by atoms with Crippen LogP contribution in [-0.4, -0.2) is 18.5 Å². The molecule has 0 aliphatic heterocycles. The van der Waals surface area contributed by atoms with Crippen molar-refractivity contribution < 1.29 is 9.18 Å². The molecule has 1 aliphatic rings. The summed E-state index contributed by atoms with van der Waals surface area (Å²) in [5.74, 6) is -0.0330. The number of nitrogens with one attached hydrogen (secondary N) is 2. The monoisotopic (exact) mass is 298 g/mol. The molecule has 2 atom stereocenters. The van der Waals surface area contributed by atoms with Crippen molar-refractivity contribution in [2.45, 2.75) is 38.6 Å². The van der Waals surface area contributed by atoms with Gasteiger partial charge in [-0.3, -0.25) is 4.79 Å². The van der Waals surface area contributed by atoms with Crippen LogP contribution in [0.3, 0.4) is 0 Å². The average molecular weight is 299 g/mol. The molecule has 1 aliphatic carbocycles. The van der Waals surface area contributed by atoms with Crippen LogP contribution in [-0.2, 0) is 4.79 Å². The van der Waals surface area contributed by atoms with Crippen molar-refractivity contribution in [3.63, 3.8) is 0 Å². The Labute approximate surface area is 123 Å². The molecule has 0 unspecified atom stereocenters. The molecule has 110 valence electrons. The summed E-state index contributed by atoms with van der Waals surface area (Å²) in [6.45, 7) is 2.23. The molecule has 0 saturated heterocycles. The van der Waals surface area contributed by atoms with Crippen molar-refractivity contribution in [1.29, 1.82) is 0 Å². The molecule has 1 fully saturated rings. The van der Waals surface area contributed by atoms with Gasteiger partial charge in [0.1, 0.15) is 5.82 Å². The van der Waals surface area contributed by atoms with E-state index in [0.29, 0.717) is 16.6 Å². The van der Waals surface area contributed by atoms with Crippen molar-refractivity contribution in [3.8, 4) is 0 Å². The van der Waals surface area contributed by atoms with E-state index in [1.165, 1.54) is 18.6 Å². The third-order valence-corrected chi connectivity index (χ3v) is 4.06. The van der Waals surface area contributed by atoms with Crippen molar-refractivity contribution in [3.05, 3.63) is 29.0 Å². The van der Waals surface area contributed by atoms with E-state index in [1.807, 2.05) is 0 Å². The van der Waals surface area contributed by atoms with Crippen LogP contribution in [0.15, 0.2) is 18.2 Å². The third kappa shape index (κ3) is 4.10. The van der Waals surface area contributed by atoms with E-state index in [-0.39, 0.29) is 18.5 Å². The number of anilines is 1. The minimum absolute atomic E-state index is 0.0712. The van der Waals surface area contributed by atoms with Crippen LogP contribution >= 0.6 is 11.6 Å². The van der Waals surface area contributed by atoms with Crippen LogP contribution in [0.25, 0.3) is 0 Å². The smallest absolute Gasteiger partial charge is 0.239 e. The number of benzene rings is 1. The lowest BCUT2D eigenvalue weighted by Gasteiger charge is -2.29. The first-order valence-electron chi connectivity index (χ1n) is 7.04. The van der Waals surface area contributed by atoms with Gasteiger partial charge in [-0.2, -0.15) is 0 Å². The maximum Gasteiger partial charge on any atom is 0.239 e. The topological polar surface area (TPSA) is 41.1 Å². The fraction of sp³-hybridized carbons (Fsp3) is 0.533. The molecule has 5 heteroatoms. The van der Waals surface area contributed by atoms with Crippen LogP contribution in [0.1, 0.15) is 32.6 Å². The summed E-state index contributed by atoms with van der Waals surface area (Å²) in [6, 6.07) is 4.60.